The SMILES string of the molecule is COC(=O)[C@@H](CCCc1ccccc1)NC(C)=O. The molecule has 0 fully saturated rings. The lowest BCUT2D eigenvalue weighted by Crippen LogP contribution is -2.40. The summed E-state index contributed by atoms with van der Waals surface area (Å²) in [5.74, 6) is -0.608. The van der Waals surface area contributed by atoms with Crippen molar-refractivity contribution >= 4 is 11.9 Å². The second kappa shape index (κ2) is 7.48. The second-order valence-corrected chi connectivity index (χ2v) is 4.15. The van der Waals surface area contributed by atoms with E-state index in [0.717, 1.165) is 12.8 Å². The van der Waals surface area contributed by atoms with Crippen LogP contribution in [-0.4, -0.2) is 25.0 Å². The maximum atomic E-state index is 11.5. The molecule has 1 aromatic carbocycles. The number of methoxy groups -OCH3 is 1. The van der Waals surface area contributed by atoms with Crippen LogP contribution in [0.3, 0.4) is 0 Å². The zero-order valence-electron chi connectivity index (χ0n) is 10.8. The van der Waals surface area contributed by atoms with Gasteiger partial charge in [-0.15, -0.1) is 0 Å². The van der Waals surface area contributed by atoms with Crippen molar-refractivity contribution < 1.29 is 14.3 Å². The van der Waals surface area contributed by atoms with E-state index in [4.69, 9.17) is 0 Å². The zero-order valence-corrected chi connectivity index (χ0v) is 10.8. The Balaban J connectivity index is 2.42. The highest BCUT2D eigenvalue weighted by atomic mass is 16.5. The predicted octanol–water partition coefficient (Wildman–Crippen LogP) is 1.69. The van der Waals surface area contributed by atoms with Gasteiger partial charge in [0, 0.05) is 6.92 Å². The van der Waals surface area contributed by atoms with Crippen molar-refractivity contribution in [3.8, 4) is 0 Å². The molecule has 1 N–H and O–H groups in total. The van der Waals surface area contributed by atoms with Crippen LogP contribution in [0, 0.1) is 0 Å². The quantitative estimate of drug-likeness (QED) is 0.780. The molecule has 0 radical (unpaired) electrons. The predicted molar refractivity (Wildman–Crippen MR) is 69.0 cm³/mol. The number of amides is 1. The Kier molecular flexibility index (Phi) is 5.91. The number of esters is 1. The molecule has 1 amide bonds. The minimum Gasteiger partial charge on any atom is -0.467 e. The van der Waals surface area contributed by atoms with Gasteiger partial charge in [0.15, 0.2) is 0 Å². The van der Waals surface area contributed by atoms with E-state index < -0.39 is 12.0 Å². The summed E-state index contributed by atoms with van der Waals surface area (Å²) in [6, 6.07) is 9.49. The molecule has 0 aromatic heterocycles. The summed E-state index contributed by atoms with van der Waals surface area (Å²) in [7, 11) is 1.33. The molecular weight excluding hydrogens is 230 g/mol. The average molecular weight is 249 g/mol. The fourth-order valence-electron chi connectivity index (χ4n) is 1.79. The highest BCUT2D eigenvalue weighted by Gasteiger charge is 2.19. The van der Waals surface area contributed by atoms with E-state index in [-0.39, 0.29) is 5.91 Å². The van der Waals surface area contributed by atoms with Crippen LogP contribution in [0.2, 0.25) is 0 Å². The summed E-state index contributed by atoms with van der Waals surface area (Å²) in [4.78, 5) is 22.4. The van der Waals surface area contributed by atoms with E-state index in [1.54, 1.807) is 0 Å². The van der Waals surface area contributed by atoms with Crippen molar-refractivity contribution in [2.45, 2.75) is 32.2 Å². The number of ether oxygens (including phenoxy) is 1. The van der Waals surface area contributed by atoms with Crippen molar-refractivity contribution in [3.05, 3.63) is 35.9 Å². The molecule has 18 heavy (non-hydrogen) atoms. The molecule has 4 nitrogen and oxygen atoms in total. The van der Waals surface area contributed by atoms with E-state index >= 15 is 0 Å². The van der Waals surface area contributed by atoms with Gasteiger partial charge in [0.2, 0.25) is 5.91 Å². The van der Waals surface area contributed by atoms with Crippen LogP contribution in [0.1, 0.15) is 25.3 Å². The van der Waals surface area contributed by atoms with Gasteiger partial charge in [-0.3, -0.25) is 4.79 Å². The fourth-order valence-corrected chi connectivity index (χ4v) is 1.79. The topological polar surface area (TPSA) is 55.4 Å². The third kappa shape index (κ3) is 4.99. The normalized spacial score (nSPS) is 11.7. The Morgan fingerprint density at radius 3 is 2.50 bits per heavy atom. The number of rotatable bonds is 6. The highest BCUT2D eigenvalue weighted by molar-refractivity contribution is 5.83. The van der Waals surface area contributed by atoms with Gasteiger partial charge in [-0.2, -0.15) is 0 Å². The molecular formula is C14H19NO3. The zero-order chi connectivity index (χ0) is 13.4. The van der Waals surface area contributed by atoms with Crippen LogP contribution in [0.4, 0.5) is 0 Å². The second-order valence-electron chi connectivity index (χ2n) is 4.15. The summed E-state index contributed by atoms with van der Waals surface area (Å²) in [5, 5.41) is 2.60. The first-order valence-corrected chi connectivity index (χ1v) is 6.02. The monoisotopic (exact) mass is 249 g/mol. The maximum Gasteiger partial charge on any atom is 0.328 e. The Bertz CT molecular complexity index is 389. The fraction of sp³-hybridized carbons (Fsp3) is 0.429. The Hall–Kier alpha value is -1.84. The number of carbonyl (C=O) groups is 2. The van der Waals surface area contributed by atoms with Gasteiger partial charge in [-0.25, -0.2) is 4.79 Å². The van der Waals surface area contributed by atoms with Gasteiger partial charge in [0.1, 0.15) is 6.04 Å². The largest absolute Gasteiger partial charge is 0.467 e. The summed E-state index contributed by atoms with van der Waals surface area (Å²) >= 11 is 0. The van der Waals surface area contributed by atoms with E-state index in [1.165, 1.54) is 19.6 Å². The van der Waals surface area contributed by atoms with Gasteiger partial charge in [-0.05, 0) is 24.8 Å². The summed E-state index contributed by atoms with van der Waals surface area (Å²) in [6.45, 7) is 1.40. The van der Waals surface area contributed by atoms with Crippen LogP contribution in [-0.2, 0) is 20.7 Å². The molecule has 0 aliphatic heterocycles. The lowest BCUT2D eigenvalue weighted by molar-refractivity contribution is -0.145. The molecule has 1 rings (SSSR count). The Morgan fingerprint density at radius 2 is 1.94 bits per heavy atom. The Labute approximate surface area is 107 Å². The summed E-state index contributed by atoms with van der Waals surface area (Å²) in [5.41, 5.74) is 1.23. The van der Waals surface area contributed by atoms with E-state index in [0.29, 0.717) is 6.42 Å². The molecule has 0 unspecified atom stereocenters. The number of hydrogen-bond donors (Lipinski definition) is 1. The first-order valence-electron chi connectivity index (χ1n) is 6.02. The first-order chi connectivity index (χ1) is 8.63. The van der Waals surface area contributed by atoms with Crippen LogP contribution < -0.4 is 5.32 Å². The van der Waals surface area contributed by atoms with Crippen molar-refractivity contribution in [2.24, 2.45) is 0 Å². The molecule has 0 saturated heterocycles. The first kappa shape index (κ1) is 14.2. The number of aryl methyl sites for hydroxylation is 1. The molecule has 1 aromatic rings. The van der Waals surface area contributed by atoms with Crippen LogP contribution in [0.15, 0.2) is 30.3 Å². The molecule has 0 heterocycles. The summed E-state index contributed by atoms with van der Waals surface area (Å²) in [6.07, 6.45) is 2.29. The van der Waals surface area contributed by atoms with Crippen LogP contribution in [0.5, 0.6) is 0 Å². The Morgan fingerprint density at radius 1 is 1.28 bits per heavy atom. The van der Waals surface area contributed by atoms with Crippen molar-refractivity contribution in [2.75, 3.05) is 7.11 Å². The van der Waals surface area contributed by atoms with Gasteiger partial charge in [0.05, 0.1) is 7.11 Å². The van der Waals surface area contributed by atoms with Crippen molar-refractivity contribution in [1.82, 2.24) is 5.32 Å². The van der Waals surface area contributed by atoms with E-state index in [1.807, 2.05) is 30.3 Å². The van der Waals surface area contributed by atoms with Crippen LogP contribution in [0.25, 0.3) is 0 Å². The number of carbonyl (C=O) groups excluding carboxylic acids is 2. The minimum absolute atomic E-state index is 0.217. The van der Waals surface area contributed by atoms with Gasteiger partial charge < -0.3 is 10.1 Å². The minimum atomic E-state index is -0.545. The van der Waals surface area contributed by atoms with Gasteiger partial charge >= 0.3 is 5.97 Å². The summed E-state index contributed by atoms with van der Waals surface area (Å²) < 4.78 is 4.66. The molecule has 0 spiro atoms. The average Bonchev–Trinajstić information content (AvgIpc) is 2.37. The third-order valence-electron chi connectivity index (χ3n) is 2.66. The molecule has 4 heteroatoms. The van der Waals surface area contributed by atoms with Gasteiger partial charge in [0.25, 0.3) is 0 Å². The molecule has 0 saturated carbocycles. The van der Waals surface area contributed by atoms with Crippen molar-refractivity contribution in [3.63, 3.8) is 0 Å². The van der Waals surface area contributed by atoms with Crippen molar-refractivity contribution in [1.29, 1.82) is 0 Å². The number of nitrogens with one attached hydrogen (secondary N) is 1. The standard InChI is InChI=1S/C14H19NO3/c1-11(16)15-13(14(17)18-2)10-6-9-12-7-4-3-5-8-12/h3-5,7-8,13H,6,9-10H2,1-2H3,(H,15,16)/t13-/m1/s1. The smallest absolute Gasteiger partial charge is 0.328 e. The molecule has 0 aliphatic carbocycles. The molecule has 0 aliphatic rings. The lowest BCUT2D eigenvalue weighted by Gasteiger charge is -2.15. The number of benzene rings is 1. The molecule has 98 valence electrons. The van der Waals surface area contributed by atoms with E-state index in [9.17, 15) is 9.59 Å². The van der Waals surface area contributed by atoms with E-state index in [2.05, 4.69) is 10.1 Å². The highest BCUT2D eigenvalue weighted by Crippen LogP contribution is 2.07. The van der Waals surface area contributed by atoms with Crippen LogP contribution >= 0.6 is 0 Å². The number of hydrogen-bond acceptors (Lipinski definition) is 3. The molecule has 1 atom stereocenters. The lowest BCUT2D eigenvalue weighted by atomic mass is 10.0. The maximum absolute atomic E-state index is 11.5. The third-order valence-corrected chi connectivity index (χ3v) is 2.66. The molecule has 0 bridgehead atoms. The van der Waals surface area contributed by atoms with Gasteiger partial charge in [-0.1, -0.05) is 30.3 Å².